The highest BCUT2D eigenvalue weighted by Gasteiger charge is 2.16. The second kappa shape index (κ2) is 9.43. The standard InChI is InChI=1S/C16H23ClN2O3/c1-3-11(4-2)14(20)9-18-15(21)10-19-16(22)12-7-5-6-8-13(12)17/h5-8,11,14,20H,3-4,9-10H2,1-2H3,(H,18,21)(H,19,22)/t14-/m0/s1. The lowest BCUT2D eigenvalue weighted by atomic mass is 9.96. The molecule has 0 bridgehead atoms. The Hall–Kier alpha value is -1.59. The van der Waals surface area contributed by atoms with E-state index in [1.54, 1.807) is 24.3 Å². The zero-order chi connectivity index (χ0) is 16.5. The van der Waals surface area contributed by atoms with Gasteiger partial charge in [0.2, 0.25) is 5.91 Å². The van der Waals surface area contributed by atoms with Crippen molar-refractivity contribution >= 4 is 23.4 Å². The summed E-state index contributed by atoms with van der Waals surface area (Å²) in [5.74, 6) is -0.579. The fourth-order valence-electron chi connectivity index (χ4n) is 2.18. The third-order valence-corrected chi connectivity index (χ3v) is 3.96. The monoisotopic (exact) mass is 326 g/mol. The SMILES string of the molecule is CCC(CC)[C@@H](O)CNC(=O)CNC(=O)c1ccccc1Cl. The van der Waals surface area contributed by atoms with E-state index in [9.17, 15) is 14.7 Å². The largest absolute Gasteiger partial charge is 0.391 e. The molecule has 2 amide bonds. The van der Waals surface area contributed by atoms with Crippen LogP contribution in [0.1, 0.15) is 37.0 Å². The van der Waals surface area contributed by atoms with Gasteiger partial charge in [0.25, 0.3) is 5.91 Å². The minimum Gasteiger partial charge on any atom is -0.391 e. The number of rotatable bonds is 8. The first-order valence-electron chi connectivity index (χ1n) is 7.47. The molecule has 0 aliphatic carbocycles. The van der Waals surface area contributed by atoms with E-state index >= 15 is 0 Å². The molecule has 122 valence electrons. The van der Waals surface area contributed by atoms with Gasteiger partial charge in [-0.2, -0.15) is 0 Å². The number of amides is 2. The van der Waals surface area contributed by atoms with Crippen LogP contribution in [-0.2, 0) is 4.79 Å². The lowest BCUT2D eigenvalue weighted by Gasteiger charge is -2.20. The van der Waals surface area contributed by atoms with Crippen LogP contribution in [0, 0.1) is 5.92 Å². The molecular weight excluding hydrogens is 304 g/mol. The first kappa shape index (κ1) is 18.5. The van der Waals surface area contributed by atoms with Crippen molar-refractivity contribution in [3.8, 4) is 0 Å². The molecule has 0 radical (unpaired) electrons. The van der Waals surface area contributed by atoms with Gasteiger partial charge in [0.05, 0.1) is 23.2 Å². The van der Waals surface area contributed by atoms with Crippen molar-refractivity contribution in [1.82, 2.24) is 10.6 Å². The van der Waals surface area contributed by atoms with Gasteiger partial charge in [-0.25, -0.2) is 0 Å². The van der Waals surface area contributed by atoms with Crippen LogP contribution in [0.5, 0.6) is 0 Å². The number of carbonyl (C=O) groups is 2. The molecular formula is C16H23ClN2O3. The van der Waals surface area contributed by atoms with Crippen LogP contribution in [0.4, 0.5) is 0 Å². The molecule has 5 nitrogen and oxygen atoms in total. The zero-order valence-corrected chi connectivity index (χ0v) is 13.7. The van der Waals surface area contributed by atoms with Crippen molar-refractivity contribution < 1.29 is 14.7 Å². The van der Waals surface area contributed by atoms with Crippen LogP contribution < -0.4 is 10.6 Å². The molecule has 1 atom stereocenters. The highest BCUT2D eigenvalue weighted by Crippen LogP contribution is 2.14. The van der Waals surface area contributed by atoms with Crippen molar-refractivity contribution in [2.45, 2.75) is 32.8 Å². The summed E-state index contributed by atoms with van der Waals surface area (Å²) in [5, 5.41) is 15.4. The summed E-state index contributed by atoms with van der Waals surface area (Å²) in [6.45, 7) is 4.04. The van der Waals surface area contributed by atoms with Crippen LogP contribution in [0.25, 0.3) is 0 Å². The summed E-state index contributed by atoms with van der Waals surface area (Å²) >= 11 is 5.91. The minimum absolute atomic E-state index is 0.153. The Labute approximate surface area is 136 Å². The van der Waals surface area contributed by atoms with Crippen molar-refractivity contribution in [2.75, 3.05) is 13.1 Å². The number of carbonyl (C=O) groups excluding carboxylic acids is 2. The smallest absolute Gasteiger partial charge is 0.253 e. The summed E-state index contributed by atoms with van der Waals surface area (Å²) in [6.07, 6.45) is 1.14. The molecule has 3 N–H and O–H groups in total. The highest BCUT2D eigenvalue weighted by atomic mass is 35.5. The molecule has 0 heterocycles. The molecule has 0 saturated carbocycles. The summed E-state index contributed by atoms with van der Waals surface area (Å²) in [5.41, 5.74) is 0.328. The fourth-order valence-corrected chi connectivity index (χ4v) is 2.40. The van der Waals surface area contributed by atoms with Crippen molar-refractivity contribution in [3.63, 3.8) is 0 Å². The van der Waals surface area contributed by atoms with Crippen molar-refractivity contribution in [1.29, 1.82) is 0 Å². The maximum atomic E-state index is 11.9. The fraction of sp³-hybridized carbons (Fsp3) is 0.500. The van der Waals surface area contributed by atoms with Crippen LogP contribution >= 0.6 is 11.6 Å². The quantitative estimate of drug-likeness (QED) is 0.683. The Balaban J connectivity index is 2.37. The van der Waals surface area contributed by atoms with Gasteiger partial charge < -0.3 is 15.7 Å². The van der Waals surface area contributed by atoms with Crippen molar-refractivity contribution in [3.05, 3.63) is 34.9 Å². The number of benzene rings is 1. The highest BCUT2D eigenvalue weighted by molar-refractivity contribution is 6.33. The predicted molar refractivity (Wildman–Crippen MR) is 86.9 cm³/mol. The first-order chi connectivity index (χ1) is 10.5. The summed E-state index contributed by atoms with van der Waals surface area (Å²) in [6, 6.07) is 6.63. The van der Waals surface area contributed by atoms with E-state index in [1.165, 1.54) is 0 Å². The van der Waals surface area contributed by atoms with E-state index in [-0.39, 0.29) is 24.9 Å². The Morgan fingerprint density at radius 1 is 1.18 bits per heavy atom. The Morgan fingerprint density at radius 3 is 2.41 bits per heavy atom. The van der Waals surface area contributed by atoms with Gasteiger partial charge in [-0.05, 0) is 18.1 Å². The number of aliphatic hydroxyl groups is 1. The molecule has 0 aliphatic heterocycles. The number of nitrogens with one attached hydrogen (secondary N) is 2. The molecule has 6 heteroatoms. The zero-order valence-electron chi connectivity index (χ0n) is 12.9. The lowest BCUT2D eigenvalue weighted by Crippen LogP contribution is -2.41. The number of halogens is 1. The van der Waals surface area contributed by atoms with E-state index < -0.39 is 12.0 Å². The van der Waals surface area contributed by atoms with Gasteiger partial charge >= 0.3 is 0 Å². The van der Waals surface area contributed by atoms with E-state index in [1.807, 2.05) is 13.8 Å². The summed E-state index contributed by atoms with van der Waals surface area (Å²) < 4.78 is 0. The van der Waals surface area contributed by atoms with E-state index in [2.05, 4.69) is 10.6 Å². The van der Waals surface area contributed by atoms with Crippen LogP contribution in [-0.4, -0.2) is 36.1 Å². The Morgan fingerprint density at radius 2 is 1.82 bits per heavy atom. The molecule has 1 aromatic rings. The predicted octanol–water partition coefficient (Wildman–Crippen LogP) is 1.98. The molecule has 0 fully saturated rings. The average molecular weight is 327 g/mol. The summed E-state index contributed by atoms with van der Waals surface area (Å²) in [4.78, 5) is 23.6. The molecule has 1 rings (SSSR count). The number of hydrogen-bond acceptors (Lipinski definition) is 3. The second-order valence-electron chi connectivity index (χ2n) is 5.11. The number of hydrogen-bond donors (Lipinski definition) is 3. The second-order valence-corrected chi connectivity index (χ2v) is 5.52. The topological polar surface area (TPSA) is 78.4 Å². The maximum Gasteiger partial charge on any atom is 0.253 e. The molecule has 0 spiro atoms. The van der Waals surface area contributed by atoms with Gasteiger partial charge in [-0.3, -0.25) is 9.59 Å². The van der Waals surface area contributed by atoms with E-state index in [0.717, 1.165) is 12.8 Å². The Kier molecular flexibility index (Phi) is 7.91. The lowest BCUT2D eigenvalue weighted by molar-refractivity contribution is -0.120. The van der Waals surface area contributed by atoms with Crippen LogP contribution in [0.2, 0.25) is 5.02 Å². The molecule has 0 aromatic heterocycles. The van der Waals surface area contributed by atoms with Gasteiger partial charge in [0, 0.05) is 6.54 Å². The molecule has 1 aromatic carbocycles. The van der Waals surface area contributed by atoms with Gasteiger partial charge in [0.1, 0.15) is 0 Å². The van der Waals surface area contributed by atoms with E-state index in [0.29, 0.717) is 10.6 Å². The third-order valence-electron chi connectivity index (χ3n) is 3.63. The van der Waals surface area contributed by atoms with Crippen LogP contribution in [0.3, 0.4) is 0 Å². The number of aliphatic hydroxyl groups excluding tert-OH is 1. The normalized spacial score (nSPS) is 12.0. The molecule has 0 saturated heterocycles. The average Bonchev–Trinajstić information content (AvgIpc) is 2.52. The Bertz CT molecular complexity index is 504. The van der Waals surface area contributed by atoms with Gasteiger partial charge in [-0.15, -0.1) is 0 Å². The van der Waals surface area contributed by atoms with E-state index in [4.69, 9.17) is 11.6 Å². The molecule has 0 unspecified atom stereocenters. The summed E-state index contributed by atoms with van der Waals surface area (Å²) in [7, 11) is 0. The first-order valence-corrected chi connectivity index (χ1v) is 7.84. The molecule has 22 heavy (non-hydrogen) atoms. The maximum absolute atomic E-state index is 11.9. The van der Waals surface area contributed by atoms with Crippen LogP contribution in [0.15, 0.2) is 24.3 Å². The van der Waals surface area contributed by atoms with Gasteiger partial charge in [-0.1, -0.05) is 50.4 Å². The molecule has 0 aliphatic rings. The minimum atomic E-state index is -0.571. The third kappa shape index (κ3) is 5.66. The van der Waals surface area contributed by atoms with Gasteiger partial charge in [0.15, 0.2) is 0 Å². The van der Waals surface area contributed by atoms with Crippen molar-refractivity contribution in [2.24, 2.45) is 5.92 Å².